The summed E-state index contributed by atoms with van der Waals surface area (Å²) in [5, 5.41) is 18.6. The highest BCUT2D eigenvalue weighted by Crippen LogP contribution is 2.25. The van der Waals surface area contributed by atoms with Crippen LogP contribution in [0.25, 0.3) is 0 Å². The number of aliphatic hydroxyl groups excluding tert-OH is 1. The highest BCUT2D eigenvalue weighted by Gasteiger charge is 2.36. The molecule has 14 heavy (non-hydrogen) atoms. The van der Waals surface area contributed by atoms with Crippen LogP contribution >= 0.6 is 0 Å². The van der Waals surface area contributed by atoms with Crippen molar-refractivity contribution >= 4 is 5.97 Å². The van der Waals surface area contributed by atoms with E-state index in [2.05, 4.69) is 0 Å². The van der Waals surface area contributed by atoms with Gasteiger partial charge in [0, 0.05) is 12.6 Å². The van der Waals surface area contributed by atoms with Gasteiger partial charge in [0.05, 0.1) is 12.7 Å². The SMILES string of the molecule is COC1=C(C(=O)O)CN(C(C)C)C1O. The third-order valence-electron chi connectivity index (χ3n) is 2.33. The van der Waals surface area contributed by atoms with Crippen LogP contribution in [0.3, 0.4) is 0 Å². The Kier molecular flexibility index (Phi) is 3.13. The van der Waals surface area contributed by atoms with Crippen molar-refractivity contribution < 1.29 is 19.7 Å². The fourth-order valence-electron chi connectivity index (χ4n) is 1.52. The van der Waals surface area contributed by atoms with Crippen molar-refractivity contribution in [3.8, 4) is 0 Å². The Labute approximate surface area is 82.6 Å². The first-order chi connectivity index (χ1) is 6.49. The predicted molar refractivity (Wildman–Crippen MR) is 49.5 cm³/mol. The first-order valence-corrected chi connectivity index (χ1v) is 4.43. The lowest BCUT2D eigenvalue weighted by Gasteiger charge is -2.25. The van der Waals surface area contributed by atoms with Gasteiger partial charge in [-0.3, -0.25) is 4.90 Å². The van der Waals surface area contributed by atoms with Gasteiger partial charge in [-0.1, -0.05) is 0 Å². The smallest absolute Gasteiger partial charge is 0.336 e. The van der Waals surface area contributed by atoms with Crippen molar-refractivity contribution in [1.82, 2.24) is 4.90 Å². The number of aliphatic carboxylic acids is 1. The van der Waals surface area contributed by atoms with Crippen LogP contribution in [0.5, 0.6) is 0 Å². The number of nitrogens with zero attached hydrogens (tertiary/aromatic N) is 1. The molecule has 1 aliphatic rings. The van der Waals surface area contributed by atoms with Gasteiger partial charge >= 0.3 is 5.97 Å². The third kappa shape index (κ3) is 1.73. The van der Waals surface area contributed by atoms with Gasteiger partial charge in [0.1, 0.15) is 0 Å². The number of rotatable bonds is 3. The molecule has 1 rings (SSSR count). The molecule has 0 fully saturated rings. The van der Waals surface area contributed by atoms with E-state index in [1.54, 1.807) is 4.90 Å². The largest absolute Gasteiger partial charge is 0.496 e. The molecule has 80 valence electrons. The lowest BCUT2D eigenvalue weighted by Crippen LogP contribution is -2.37. The molecule has 5 nitrogen and oxygen atoms in total. The Morgan fingerprint density at radius 3 is 2.50 bits per heavy atom. The molecule has 5 heteroatoms. The average Bonchev–Trinajstić information content (AvgIpc) is 2.42. The maximum Gasteiger partial charge on any atom is 0.336 e. The van der Waals surface area contributed by atoms with Crippen molar-refractivity contribution in [2.45, 2.75) is 26.1 Å². The summed E-state index contributed by atoms with van der Waals surface area (Å²) in [6.45, 7) is 4.00. The Bertz CT molecular complexity index is 272. The molecule has 1 unspecified atom stereocenters. The van der Waals surface area contributed by atoms with Gasteiger partial charge < -0.3 is 14.9 Å². The molecule has 0 saturated heterocycles. The van der Waals surface area contributed by atoms with Crippen LogP contribution in [0.4, 0.5) is 0 Å². The van der Waals surface area contributed by atoms with E-state index in [1.807, 2.05) is 13.8 Å². The van der Waals surface area contributed by atoms with Crippen molar-refractivity contribution in [2.24, 2.45) is 0 Å². The van der Waals surface area contributed by atoms with Crippen LogP contribution in [0.15, 0.2) is 11.3 Å². The molecule has 0 spiro atoms. The maximum atomic E-state index is 10.8. The quantitative estimate of drug-likeness (QED) is 0.673. The fraction of sp³-hybridized carbons (Fsp3) is 0.667. The van der Waals surface area contributed by atoms with E-state index in [-0.39, 0.29) is 23.9 Å². The molecule has 1 aliphatic heterocycles. The number of aliphatic hydroxyl groups is 1. The topological polar surface area (TPSA) is 70.0 Å². The van der Waals surface area contributed by atoms with Crippen LogP contribution in [0, 0.1) is 0 Å². The lowest BCUT2D eigenvalue weighted by molar-refractivity contribution is -0.132. The van der Waals surface area contributed by atoms with Gasteiger partial charge in [0.2, 0.25) is 0 Å². The summed E-state index contributed by atoms with van der Waals surface area (Å²) in [5.41, 5.74) is 0.133. The van der Waals surface area contributed by atoms with E-state index in [0.29, 0.717) is 0 Å². The normalized spacial score (nSPS) is 23.4. The summed E-state index contributed by atoms with van der Waals surface area (Å²) in [7, 11) is 1.37. The first kappa shape index (κ1) is 11.0. The number of hydrogen-bond donors (Lipinski definition) is 2. The number of carboxylic acids is 1. The molecule has 2 N–H and O–H groups in total. The molecule has 0 aromatic carbocycles. The lowest BCUT2D eigenvalue weighted by atomic mass is 10.2. The van der Waals surface area contributed by atoms with E-state index in [0.717, 1.165) is 0 Å². The highest BCUT2D eigenvalue weighted by molar-refractivity contribution is 5.88. The van der Waals surface area contributed by atoms with Gasteiger partial charge in [-0.15, -0.1) is 0 Å². The average molecular weight is 201 g/mol. The van der Waals surface area contributed by atoms with Crippen molar-refractivity contribution in [3.05, 3.63) is 11.3 Å². The van der Waals surface area contributed by atoms with Gasteiger partial charge in [0.25, 0.3) is 0 Å². The summed E-state index contributed by atoms with van der Waals surface area (Å²) >= 11 is 0. The molecule has 1 atom stereocenters. The summed E-state index contributed by atoms with van der Waals surface area (Å²) in [4.78, 5) is 12.5. The van der Waals surface area contributed by atoms with Gasteiger partial charge in [-0.25, -0.2) is 4.79 Å². The molecule has 0 saturated carbocycles. The predicted octanol–water partition coefficient (Wildman–Crippen LogP) is 0.0139. The maximum absolute atomic E-state index is 10.8. The van der Waals surface area contributed by atoms with E-state index < -0.39 is 12.2 Å². The number of hydrogen-bond acceptors (Lipinski definition) is 4. The van der Waals surface area contributed by atoms with Gasteiger partial charge in [-0.05, 0) is 13.8 Å². The molecule has 0 aromatic rings. The molecular formula is C9H15NO4. The molecule has 1 heterocycles. The molecule has 0 amide bonds. The minimum absolute atomic E-state index is 0.0759. The van der Waals surface area contributed by atoms with E-state index in [1.165, 1.54) is 7.11 Å². The van der Waals surface area contributed by atoms with Gasteiger partial charge in [0.15, 0.2) is 12.0 Å². The molecule has 0 radical (unpaired) electrons. The highest BCUT2D eigenvalue weighted by atomic mass is 16.5. The Morgan fingerprint density at radius 2 is 2.21 bits per heavy atom. The fourth-order valence-corrected chi connectivity index (χ4v) is 1.52. The molecule has 0 aromatic heterocycles. The number of methoxy groups -OCH3 is 1. The van der Waals surface area contributed by atoms with Crippen LogP contribution in [0.1, 0.15) is 13.8 Å². The zero-order chi connectivity index (χ0) is 10.9. The monoisotopic (exact) mass is 201 g/mol. The summed E-state index contributed by atoms with van der Waals surface area (Å²) < 4.78 is 4.88. The standard InChI is InChI=1S/C9H15NO4/c1-5(2)10-4-6(9(12)13)7(14-3)8(10)11/h5,8,11H,4H2,1-3H3,(H,12,13). The zero-order valence-electron chi connectivity index (χ0n) is 8.52. The van der Waals surface area contributed by atoms with Crippen molar-refractivity contribution in [1.29, 1.82) is 0 Å². The Hall–Kier alpha value is -1.07. The Morgan fingerprint density at radius 1 is 1.64 bits per heavy atom. The summed E-state index contributed by atoms with van der Waals surface area (Å²) in [5.74, 6) is -0.893. The van der Waals surface area contributed by atoms with Crippen LogP contribution in [-0.2, 0) is 9.53 Å². The molecule has 0 aliphatic carbocycles. The zero-order valence-corrected chi connectivity index (χ0v) is 8.52. The summed E-state index contributed by atoms with van der Waals surface area (Å²) in [6.07, 6.45) is -0.939. The van der Waals surface area contributed by atoms with Crippen molar-refractivity contribution in [2.75, 3.05) is 13.7 Å². The van der Waals surface area contributed by atoms with Crippen LogP contribution < -0.4 is 0 Å². The van der Waals surface area contributed by atoms with Crippen LogP contribution in [0.2, 0.25) is 0 Å². The molecular weight excluding hydrogens is 186 g/mol. The second-order valence-corrected chi connectivity index (χ2v) is 3.49. The van der Waals surface area contributed by atoms with E-state index >= 15 is 0 Å². The second kappa shape index (κ2) is 3.98. The molecule has 0 bridgehead atoms. The van der Waals surface area contributed by atoms with E-state index in [4.69, 9.17) is 9.84 Å². The minimum atomic E-state index is -1.04. The number of carbonyl (C=O) groups is 1. The van der Waals surface area contributed by atoms with Crippen molar-refractivity contribution in [3.63, 3.8) is 0 Å². The summed E-state index contributed by atoms with van der Waals surface area (Å²) in [6, 6.07) is 0.0759. The third-order valence-corrected chi connectivity index (χ3v) is 2.33. The van der Waals surface area contributed by atoms with Gasteiger partial charge in [-0.2, -0.15) is 0 Å². The van der Waals surface area contributed by atoms with E-state index in [9.17, 15) is 9.90 Å². The minimum Gasteiger partial charge on any atom is -0.496 e. The first-order valence-electron chi connectivity index (χ1n) is 4.43. The number of carboxylic acid groups (broad SMARTS) is 1. The Balaban J connectivity index is 2.93. The second-order valence-electron chi connectivity index (χ2n) is 3.49. The number of ether oxygens (including phenoxy) is 1. The van der Waals surface area contributed by atoms with Crippen LogP contribution in [-0.4, -0.2) is 47.0 Å².